The predicted molar refractivity (Wildman–Crippen MR) is 73.1 cm³/mol. The van der Waals surface area contributed by atoms with Gasteiger partial charge in [0.1, 0.15) is 0 Å². The van der Waals surface area contributed by atoms with Crippen LogP contribution in [0.5, 0.6) is 0 Å². The smallest absolute Gasteiger partial charge is 0.186 e. The molecule has 2 saturated heterocycles. The lowest BCUT2D eigenvalue weighted by molar-refractivity contribution is 0.357. The zero-order valence-electron chi connectivity index (χ0n) is 11.0. The SMILES string of the molecule is C[SiH](N1CCCCCC1)N1CCCCCC1. The highest BCUT2D eigenvalue weighted by Gasteiger charge is 2.23. The van der Waals surface area contributed by atoms with Crippen LogP contribution in [-0.4, -0.2) is 44.4 Å². The summed E-state index contributed by atoms with van der Waals surface area (Å²) >= 11 is 0. The zero-order valence-corrected chi connectivity index (χ0v) is 12.1. The van der Waals surface area contributed by atoms with Crippen LogP contribution in [-0.2, 0) is 0 Å². The summed E-state index contributed by atoms with van der Waals surface area (Å²) in [6.45, 7) is 8.14. The van der Waals surface area contributed by atoms with Crippen LogP contribution >= 0.6 is 0 Å². The Bertz CT molecular complexity index is 162. The summed E-state index contributed by atoms with van der Waals surface area (Å²) in [7, 11) is -0.756. The van der Waals surface area contributed by atoms with Crippen LogP contribution in [0.3, 0.4) is 0 Å². The lowest BCUT2D eigenvalue weighted by Crippen LogP contribution is -2.51. The molecule has 0 saturated carbocycles. The summed E-state index contributed by atoms with van der Waals surface area (Å²) in [5.41, 5.74) is 0. The van der Waals surface area contributed by atoms with Gasteiger partial charge in [0.05, 0.1) is 0 Å². The molecule has 0 N–H and O–H groups in total. The van der Waals surface area contributed by atoms with Crippen LogP contribution in [0.25, 0.3) is 0 Å². The monoisotopic (exact) mass is 240 g/mol. The van der Waals surface area contributed by atoms with E-state index < -0.39 is 9.12 Å². The van der Waals surface area contributed by atoms with E-state index in [1.54, 1.807) is 0 Å². The van der Waals surface area contributed by atoms with Crippen LogP contribution in [0, 0.1) is 0 Å². The maximum absolute atomic E-state index is 2.86. The molecule has 0 aromatic carbocycles. The van der Waals surface area contributed by atoms with Gasteiger partial charge in [-0.1, -0.05) is 25.7 Å². The van der Waals surface area contributed by atoms with Crippen molar-refractivity contribution in [1.29, 1.82) is 0 Å². The Morgan fingerprint density at radius 1 is 0.562 bits per heavy atom. The third-order valence-electron chi connectivity index (χ3n) is 4.34. The van der Waals surface area contributed by atoms with Crippen molar-refractivity contribution >= 4 is 9.12 Å². The van der Waals surface area contributed by atoms with Crippen LogP contribution in [0.15, 0.2) is 0 Å². The normalized spacial score (nSPS) is 26.6. The first-order valence-electron chi connectivity index (χ1n) is 7.36. The summed E-state index contributed by atoms with van der Waals surface area (Å²) in [5, 5.41) is 0. The summed E-state index contributed by atoms with van der Waals surface area (Å²) < 4.78 is 5.72. The fraction of sp³-hybridized carbons (Fsp3) is 1.00. The second-order valence-electron chi connectivity index (χ2n) is 5.53. The number of nitrogens with zero attached hydrogens (tertiary/aromatic N) is 2. The summed E-state index contributed by atoms with van der Waals surface area (Å²) in [5.74, 6) is 0. The third kappa shape index (κ3) is 3.57. The van der Waals surface area contributed by atoms with Gasteiger partial charge in [-0.15, -0.1) is 0 Å². The van der Waals surface area contributed by atoms with Gasteiger partial charge in [0.25, 0.3) is 0 Å². The largest absolute Gasteiger partial charge is 0.314 e. The van der Waals surface area contributed by atoms with Gasteiger partial charge in [-0.3, -0.25) is 0 Å². The molecule has 0 unspecified atom stereocenters. The molecular formula is C13H28N2Si. The molecule has 0 amide bonds. The molecule has 2 fully saturated rings. The summed E-state index contributed by atoms with van der Waals surface area (Å²) in [6, 6.07) is 0. The Kier molecular flexibility index (Phi) is 5.33. The van der Waals surface area contributed by atoms with E-state index in [4.69, 9.17) is 0 Å². The molecule has 2 aliphatic heterocycles. The molecule has 0 bridgehead atoms. The fourth-order valence-electron chi connectivity index (χ4n) is 3.17. The second kappa shape index (κ2) is 6.77. The average molecular weight is 240 g/mol. The summed E-state index contributed by atoms with van der Waals surface area (Å²) in [4.78, 5) is 0. The Balaban J connectivity index is 1.85. The highest BCUT2D eigenvalue weighted by Crippen LogP contribution is 2.16. The third-order valence-corrected chi connectivity index (χ3v) is 7.48. The van der Waals surface area contributed by atoms with Crippen LogP contribution < -0.4 is 0 Å². The van der Waals surface area contributed by atoms with Crippen molar-refractivity contribution in [2.24, 2.45) is 0 Å². The predicted octanol–water partition coefficient (Wildman–Crippen LogP) is 2.59. The van der Waals surface area contributed by atoms with Gasteiger partial charge in [0, 0.05) is 0 Å². The lowest BCUT2D eigenvalue weighted by atomic mass is 10.2. The molecule has 0 radical (unpaired) electrons. The van der Waals surface area contributed by atoms with Crippen molar-refractivity contribution in [3.8, 4) is 0 Å². The van der Waals surface area contributed by atoms with E-state index in [9.17, 15) is 0 Å². The lowest BCUT2D eigenvalue weighted by Gasteiger charge is -2.35. The van der Waals surface area contributed by atoms with Crippen molar-refractivity contribution in [2.45, 2.75) is 57.9 Å². The topological polar surface area (TPSA) is 6.48 Å². The van der Waals surface area contributed by atoms with Crippen molar-refractivity contribution in [3.63, 3.8) is 0 Å². The standard InChI is InChI=1S/C13H28N2Si/c1-16(14-10-6-2-3-7-11-14)15-12-8-4-5-9-13-15/h16H,2-13H2,1H3. The van der Waals surface area contributed by atoms with Crippen molar-refractivity contribution in [3.05, 3.63) is 0 Å². The molecule has 94 valence electrons. The molecule has 0 aliphatic carbocycles. The van der Waals surface area contributed by atoms with Gasteiger partial charge in [-0.25, -0.2) is 0 Å². The molecule has 0 aromatic heterocycles. The molecule has 16 heavy (non-hydrogen) atoms. The minimum atomic E-state index is -0.756. The Morgan fingerprint density at radius 2 is 0.875 bits per heavy atom. The molecular weight excluding hydrogens is 212 g/mol. The minimum Gasteiger partial charge on any atom is -0.314 e. The van der Waals surface area contributed by atoms with E-state index in [1.165, 1.54) is 77.5 Å². The first-order chi connectivity index (χ1) is 7.88. The van der Waals surface area contributed by atoms with Crippen LogP contribution in [0.2, 0.25) is 6.55 Å². The van der Waals surface area contributed by atoms with Crippen LogP contribution in [0.4, 0.5) is 0 Å². The Hall–Kier alpha value is 0.137. The number of hydrogen-bond acceptors (Lipinski definition) is 2. The van der Waals surface area contributed by atoms with Crippen molar-refractivity contribution in [2.75, 3.05) is 26.2 Å². The second-order valence-corrected chi connectivity index (χ2v) is 8.26. The quantitative estimate of drug-likeness (QED) is 0.685. The average Bonchev–Trinajstić information content (AvgIpc) is 2.73. The Labute approximate surface area is 103 Å². The van der Waals surface area contributed by atoms with E-state index >= 15 is 0 Å². The van der Waals surface area contributed by atoms with Gasteiger partial charge in [-0.2, -0.15) is 0 Å². The molecule has 0 aromatic rings. The molecule has 3 heteroatoms. The van der Waals surface area contributed by atoms with E-state index in [2.05, 4.69) is 15.7 Å². The highest BCUT2D eigenvalue weighted by atomic mass is 28.3. The van der Waals surface area contributed by atoms with E-state index in [0.717, 1.165) is 0 Å². The van der Waals surface area contributed by atoms with Crippen molar-refractivity contribution < 1.29 is 0 Å². The first-order valence-corrected chi connectivity index (χ1v) is 9.55. The zero-order chi connectivity index (χ0) is 11.2. The molecule has 2 rings (SSSR count). The molecule has 0 atom stereocenters. The number of rotatable bonds is 2. The van der Waals surface area contributed by atoms with Gasteiger partial charge in [-0.05, 0) is 58.4 Å². The van der Waals surface area contributed by atoms with Gasteiger partial charge >= 0.3 is 0 Å². The Morgan fingerprint density at radius 3 is 1.19 bits per heavy atom. The maximum atomic E-state index is 2.86. The van der Waals surface area contributed by atoms with Gasteiger partial charge < -0.3 is 9.13 Å². The van der Waals surface area contributed by atoms with E-state index in [-0.39, 0.29) is 0 Å². The van der Waals surface area contributed by atoms with Crippen molar-refractivity contribution in [1.82, 2.24) is 9.13 Å². The molecule has 2 nitrogen and oxygen atoms in total. The maximum Gasteiger partial charge on any atom is 0.186 e. The highest BCUT2D eigenvalue weighted by molar-refractivity contribution is 6.51. The van der Waals surface area contributed by atoms with E-state index in [0.29, 0.717) is 0 Å². The summed E-state index contributed by atoms with van der Waals surface area (Å²) in [6.07, 6.45) is 11.7. The fourth-order valence-corrected chi connectivity index (χ4v) is 5.86. The van der Waals surface area contributed by atoms with E-state index in [1.807, 2.05) is 0 Å². The van der Waals surface area contributed by atoms with Gasteiger partial charge in [0.15, 0.2) is 9.12 Å². The minimum absolute atomic E-state index is 0.756. The molecule has 2 aliphatic rings. The number of hydrogen-bond donors (Lipinski definition) is 0. The van der Waals surface area contributed by atoms with Gasteiger partial charge in [0.2, 0.25) is 0 Å². The molecule has 2 heterocycles. The molecule has 0 spiro atoms. The first kappa shape index (κ1) is 12.6. The van der Waals surface area contributed by atoms with Crippen LogP contribution in [0.1, 0.15) is 51.4 Å².